The summed E-state index contributed by atoms with van der Waals surface area (Å²) in [6.07, 6.45) is 0.870. The number of alkyl carbamates (subject to hydrolysis) is 1. The highest BCUT2D eigenvalue weighted by Crippen LogP contribution is 2.44. The number of aliphatic hydroxyl groups is 1. The van der Waals surface area contributed by atoms with Crippen LogP contribution >= 0.6 is 0 Å². The average molecular weight is 438 g/mol. The van der Waals surface area contributed by atoms with Crippen LogP contribution in [0.3, 0.4) is 0 Å². The molecule has 8 heteroatoms. The highest BCUT2D eigenvalue weighted by Gasteiger charge is 2.47. The van der Waals surface area contributed by atoms with Crippen LogP contribution in [0.15, 0.2) is 48.5 Å². The highest BCUT2D eigenvalue weighted by molar-refractivity contribution is 5.91. The van der Waals surface area contributed by atoms with E-state index in [1.807, 2.05) is 48.5 Å². The molecule has 2 aliphatic rings. The summed E-state index contributed by atoms with van der Waals surface area (Å²) in [4.78, 5) is 36.3. The van der Waals surface area contributed by atoms with Crippen molar-refractivity contribution in [2.75, 3.05) is 13.2 Å². The lowest BCUT2D eigenvalue weighted by atomic mass is 9.76. The largest absolute Gasteiger partial charge is 0.479 e. The minimum atomic E-state index is -2.09. The van der Waals surface area contributed by atoms with Crippen LogP contribution in [0.1, 0.15) is 43.2 Å². The molecular formula is C24H26N2O6. The number of nitrogens with one attached hydrogen (secondary N) is 2. The number of hydrogen-bond acceptors (Lipinski definition) is 5. The van der Waals surface area contributed by atoms with Gasteiger partial charge in [-0.15, -0.1) is 0 Å². The van der Waals surface area contributed by atoms with E-state index in [9.17, 15) is 19.5 Å². The van der Waals surface area contributed by atoms with Crippen molar-refractivity contribution in [1.29, 1.82) is 0 Å². The predicted octanol–water partition coefficient (Wildman–Crippen LogP) is 2.40. The molecule has 0 saturated heterocycles. The van der Waals surface area contributed by atoms with Gasteiger partial charge in [0, 0.05) is 5.92 Å². The molecule has 2 aromatic carbocycles. The van der Waals surface area contributed by atoms with Crippen LogP contribution < -0.4 is 10.6 Å². The van der Waals surface area contributed by atoms with E-state index in [1.54, 1.807) is 0 Å². The monoisotopic (exact) mass is 438 g/mol. The molecule has 0 aliphatic heterocycles. The molecular weight excluding hydrogens is 412 g/mol. The molecule has 0 heterocycles. The van der Waals surface area contributed by atoms with Gasteiger partial charge in [0.05, 0.1) is 6.54 Å². The molecule has 4 N–H and O–H groups in total. The van der Waals surface area contributed by atoms with Gasteiger partial charge < -0.3 is 25.6 Å². The first-order chi connectivity index (χ1) is 15.2. The van der Waals surface area contributed by atoms with Crippen LogP contribution in [0.5, 0.6) is 0 Å². The molecule has 1 atom stereocenters. The average Bonchev–Trinajstić information content (AvgIpc) is 3.07. The number of amides is 2. The summed E-state index contributed by atoms with van der Waals surface area (Å²) >= 11 is 0. The summed E-state index contributed by atoms with van der Waals surface area (Å²) in [6, 6.07) is 16.0. The van der Waals surface area contributed by atoms with Gasteiger partial charge in [0.25, 0.3) is 0 Å². The van der Waals surface area contributed by atoms with E-state index in [1.165, 1.54) is 0 Å². The Morgan fingerprint density at radius 2 is 1.62 bits per heavy atom. The second-order valence-electron chi connectivity index (χ2n) is 8.65. The van der Waals surface area contributed by atoms with Gasteiger partial charge in [-0.3, -0.25) is 4.79 Å². The molecule has 0 radical (unpaired) electrons. The zero-order valence-electron chi connectivity index (χ0n) is 17.8. The zero-order valence-corrected chi connectivity index (χ0v) is 17.8. The predicted molar refractivity (Wildman–Crippen MR) is 116 cm³/mol. The second kappa shape index (κ2) is 8.27. The number of carboxylic acids is 1. The fraction of sp³-hybridized carbons (Fsp3) is 0.375. The van der Waals surface area contributed by atoms with Crippen molar-refractivity contribution in [3.05, 3.63) is 59.7 Å². The number of hydrogen-bond donors (Lipinski definition) is 4. The maximum atomic E-state index is 12.7. The van der Waals surface area contributed by atoms with E-state index in [-0.39, 0.29) is 12.5 Å². The molecule has 1 unspecified atom stereocenters. The number of carbonyl (C=O) groups is 3. The van der Waals surface area contributed by atoms with E-state index in [0.29, 0.717) is 12.8 Å². The summed E-state index contributed by atoms with van der Waals surface area (Å²) < 4.78 is 5.53. The van der Waals surface area contributed by atoms with Crippen molar-refractivity contribution in [3.63, 3.8) is 0 Å². The molecule has 1 saturated carbocycles. The number of aliphatic carboxylic acids is 1. The van der Waals surface area contributed by atoms with Crippen molar-refractivity contribution in [2.45, 2.75) is 43.2 Å². The molecule has 1 fully saturated rings. The fourth-order valence-corrected chi connectivity index (χ4v) is 4.27. The summed E-state index contributed by atoms with van der Waals surface area (Å²) in [7, 11) is 0. The van der Waals surface area contributed by atoms with Gasteiger partial charge in [-0.05, 0) is 48.4 Å². The highest BCUT2D eigenvalue weighted by atomic mass is 16.5. The van der Waals surface area contributed by atoms with Crippen molar-refractivity contribution in [2.24, 2.45) is 0 Å². The third-order valence-corrected chi connectivity index (χ3v) is 6.38. The Morgan fingerprint density at radius 3 is 2.12 bits per heavy atom. The Morgan fingerprint density at radius 1 is 1.06 bits per heavy atom. The molecule has 168 valence electrons. The van der Waals surface area contributed by atoms with Gasteiger partial charge in [0.2, 0.25) is 5.91 Å². The topological polar surface area (TPSA) is 125 Å². The van der Waals surface area contributed by atoms with E-state index >= 15 is 0 Å². The lowest BCUT2D eigenvalue weighted by molar-refractivity contribution is -0.156. The standard InChI is InChI=1S/C24H26N2O6/c1-23(31,21(28)29)14-25-20(27)24(11-6-12-24)26-22(30)32-13-19-17-9-4-2-7-15(17)16-8-3-5-10-18(16)19/h2-5,7-10,19,31H,6,11-14H2,1H3,(H,25,27)(H,26,30)(H,28,29). The van der Waals surface area contributed by atoms with Gasteiger partial charge in [-0.1, -0.05) is 48.5 Å². The number of ether oxygens (including phenoxy) is 1. The second-order valence-corrected chi connectivity index (χ2v) is 8.65. The maximum absolute atomic E-state index is 12.7. The van der Waals surface area contributed by atoms with Crippen LogP contribution in [0.2, 0.25) is 0 Å². The van der Waals surface area contributed by atoms with Crippen LogP contribution in [-0.4, -0.2) is 52.5 Å². The molecule has 0 spiro atoms. The maximum Gasteiger partial charge on any atom is 0.408 e. The third kappa shape index (κ3) is 3.93. The van der Waals surface area contributed by atoms with E-state index in [4.69, 9.17) is 9.84 Å². The van der Waals surface area contributed by atoms with Gasteiger partial charge in [0.1, 0.15) is 12.1 Å². The molecule has 2 amide bonds. The Kier molecular flexibility index (Phi) is 5.64. The fourth-order valence-electron chi connectivity index (χ4n) is 4.27. The number of carboxylic acid groups (broad SMARTS) is 1. The summed E-state index contributed by atoms with van der Waals surface area (Å²) in [5.41, 5.74) is 1.18. The van der Waals surface area contributed by atoms with Crippen LogP contribution in [0.25, 0.3) is 11.1 Å². The first kappa shape index (κ1) is 21.8. The molecule has 2 aliphatic carbocycles. The SMILES string of the molecule is CC(O)(CNC(=O)C1(NC(=O)OCC2c3ccccc3-c3ccccc32)CCC1)C(=O)O. The zero-order chi connectivity index (χ0) is 22.9. The number of carbonyl (C=O) groups excluding carboxylic acids is 2. The number of benzene rings is 2. The van der Waals surface area contributed by atoms with Crippen molar-refractivity contribution in [3.8, 4) is 11.1 Å². The van der Waals surface area contributed by atoms with Crippen molar-refractivity contribution < 1.29 is 29.3 Å². The first-order valence-electron chi connectivity index (χ1n) is 10.6. The molecule has 32 heavy (non-hydrogen) atoms. The molecule has 0 aromatic heterocycles. The van der Waals surface area contributed by atoms with Crippen molar-refractivity contribution >= 4 is 18.0 Å². The normalized spacial score (nSPS) is 17.8. The minimum Gasteiger partial charge on any atom is -0.479 e. The Balaban J connectivity index is 1.39. The third-order valence-electron chi connectivity index (χ3n) is 6.38. The lowest BCUT2D eigenvalue weighted by Crippen LogP contribution is -2.64. The van der Waals surface area contributed by atoms with Crippen molar-refractivity contribution in [1.82, 2.24) is 10.6 Å². The Hall–Kier alpha value is -3.39. The number of fused-ring (bicyclic) bond motifs is 3. The van der Waals surface area contributed by atoms with E-state index in [0.717, 1.165) is 35.6 Å². The van der Waals surface area contributed by atoms with Crippen LogP contribution in [0, 0.1) is 0 Å². The molecule has 8 nitrogen and oxygen atoms in total. The molecule has 4 rings (SSSR count). The Bertz CT molecular complexity index is 1010. The summed E-state index contributed by atoms with van der Waals surface area (Å²) in [5.74, 6) is -2.06. The molecule has 2 aromatic rings. The quantitative estimate of drug-likeness (QED) is 0.526. The van der Waals surface area contributed by atoms with Gasteiger partial charge in [0.15, 0.2) is 5.60 Å². The van der Waals surface area contributed by atoms with Gasteiger partial charge in [-0.2, -0.15) is 0 Å². The van der Waals surface area contributed by atoms with Crippen LogP contribution in [-0.2, 0) is 14.3 Å². The minimum absolute atomic E-state index is 0.0926. The summed E-state index contributed by atoms with van der Waals surface area (Å²) in [6.45, 7) is 0.766. The van der Waals surface area contributed by atoms with Crippen LogP contribution in [0.4, 0.5) is 4.79 Å². The lowest BCUT2D eigenvalue weighted by Gasteiger charge is -2.40. The first-order valence-corrected chi connectivity index (χ1v) is 10.6. The number of rotatable bonds is 7. The van der Waals surface area contributed by atoms with Gasteiger partial charge in [-0.25, -0.2) is 9.59 Å². The summed E-state index contributed by atoms with van der Waals surface area (Å²) in [5, 5.41) is 23.9. The smallest absolute Gasteiger partial charge is 0.408 e. The van der Waals surface area contributed by atoms with Gasteiger partial charge >= 0.3 is 12.1 Å². The molecule has 0 bridgehead atoms. The van der Waals surface area contributed by atoms with E-state index < -0.39 is 35.7 Å². The Labute approximate surface area is 185 Å². The van der Waals surface area contributed by atoms with E-state index in [2.05, 4.69) is 10.6 Å².